The van der Waals surface area contributed by atoms with Crippen molar-refractivity contribution in [2.45, 2.75) is 230 Å². The molecule has 1 saturated heterocycles. The van der Waals surface area contributed by atoms with E-state index in [-0.39, 0.29) is 74.6 Å². The quantitative estimate of drug-likeness (QED) is 0.0125. The van der Waals surface area contributed by atoms with Crippen molar-refractivity contribution < 1.29 is 112 Å². The average Bonchev–Trinajstić information content (AvgIpc) is 1.10. The molecule has 0 spiro atoms. The van der Waals surface area contributed by atoms with E-state index in [0.29, 0.717) is 6.42 Å². The number of nitrogens with one attached hydrogen (secondary N) is 12. The van der Waals surface area contributed by atoms with Crippen molar-refractivity contribution in [3.8, 4) is 5.75 Å². The van der Waals surface area contributed by atoms with Crippen LogP contribution < -0.4 is 92.5 Å². The molecule has 0 aliphatic carbocycles. The van der Waals surface area contributed by atoms with Gasteiger partial charge in [0.1, 0.15) is 84.3 Å². The van der Waals surface area contributed by atoms with Gasteiger partial charge in [-0.05, 0) is 109 Å². The third-order valence-electron chi connectivity index (χ3n) is 16.7. The van der Waals surface area contributed by atoms with E-state index in [2.05, 4.69) is 81.4 Å². The van der Waals surface area contributed by atoms with Crippen LogP contribution in [0.3, 0.4) is 0 Å². The van der Waals surface area contributed by atoms with E-state index in [1.54, 1.807) is 27.7 Å². The Bertz CT molecular complexity index is 3450. The van der Waals surface area contributed by atoms with Gasteiger partial charge < -0.3 is 123 Å². The summed E-state index contributed by atoms with van der Waals surface area (Å²) in [7, 11) is 0. The summed E-state index contributed by atoms with van der Waals surface area (Å²) in [5.74, 6) is -21.7. The maximum atomic E-state index is 14.7. The Hall–Kier alpha value is -11.0. The first-order valence-electron chi connectivity index (χ1n) is 34.9. The van der Waals surface area contributed by atoms with Crippen LogP contribution in [0.2, 0.25) is 0 Å². The van der Waals surface area contributed by atoms with Crippen LogP contribution in [-0.4, -0.2) is 252 Å². The van der Waals surface area contributed by atoms with E-state index in [0.717, 1.165) is 25.7 Å². The summed E-state index contributed by atoms with van der Waals surface area (Å²) in [6.45, 7) is 11.1. The Labute approximate surface area is 632 Å². The molecule has 0 saturated carbocycles. The third-order valence-corrected chi connectivity index (χ3v) is 17.1. The number of nitrogens with zero attached hydrogens (tertiary/aromatic N) is 2. The zero-order valence-corrected chi connectivity index (χ0v) is 62.6. The molecule has 109 heavy (non-hydrogen) atoms. The fourth-order valence-electron chi connectivity index (χ4n) is 10.7. The number of phenolic OH excluding ortho intramolecular Hbond substituents is 1. The second-order valence-corrected chi connectivity index (χ2v) is 27.2. The number of aliphatic hydroxyl groups excluding tert-OH is 1. The lowest BCUT2D eigenvalue weighted by Crippen LogP contribution is -2.61. The minimum absolute atomic E-state index is 0.0324. The van der Waals surface area contributed by atoms with Crippen LogP contribution >= 0.6 is 12.6 Å². The first-order chi connectivity index (χ1) is 50.9. The minimum Gasteiger partial charge on any atom is -0.508 e. The van der Waals surface area contributed by atoms with Crippen molar-refractivity contribution in [3.05, 3.63) is 29.8 Å². The van der Waals surface area contributed by atoms with Crippen LogP contribution in [-0.2, 0) is 92.7 Å². The van der Waals surface area contributed by atoms with E-state index in [9.17, 15) is 112 Å². The van der Waals surface area contributed by atoms with Crippen molar-refractivity contribution >= 4 is 125 Å². The topological polar surface area (TPSA) is 698 Å². The summed E-state index contributed by atoms with van der Waals surface area (Å²) < 4.78 is 0. The van der Waals surface area contributed by atoms with E-state index < -0.39 is 248 Å². The number of guanidine groups is 1. The van der Waals surface area contributed by atoms with Crippen molar-refractivity contribution in [3.63, 3.8) is 0 Å². The number of phenols is 1. The average molecular weight is 1560 g/mol. The Morgan fingerprint density at radius 2 is 0.945 bits per heavy atom. The molecule has 0 unspecified atom stereocenters. The second-order valence-electron chi connectivity index (χ2n) is 26.9. The molecule has 15 amide bonds. The van der Waals surface area contributed by atoms with Crippen LogP contribution in [0.1, 0.15) is 138 Å². The van der Waals surface area contributed by atoms with Gasteiger partial charge in [0.15, 0.2) is 5.96 Å². The highest BCUT2D eigenvalue weighted by molar-refractivity contribution is 7.80. The second kappa shape index (κ2) is 46.3. The lowest BCUT2D eigenvalue weighted by atomic mass is 9.99. The molecule has 2 rings (SSSR count). The fraction of sp³-hybridized carbons (Fsp3) is 0.621. The molecule has 15 atom stereocenters. The number of likely N-dealkylation sites (tertiary alicyclic amines) is 1. The number of aliphatic imine (C=N–C) groups is 1. The maximum Gasteiger partial charge on any atom is 0.326 e. The van der Waals surface area contributed by atoms with E-state index in [1.807, 2.05) is 0 Å². The Balaban J connectivity index is 2.49. The predicted molar refractivity (Wildman–Crippen MR) is 388 cm³/mol. The monoisotopic (exact) mass is 1560 g/mol. The Morgan fingerprint density at radius 3 is 1.43 bits per heavy atom. The van der Waals surface area contributed by atoms with E-state index in [4.69, 9.17) is 28.7 Å². The van der Waals surface area contributed by atoms with Crippen molar-refractivity contribution in [2.24, 2.45) is 45.5 Å². The Morgan fingerprint density at radius 1 is 0.505 bits per heavy atom. The molecule has 1 aromatic rings. The number of primary amides is 2. The molecule has 1 aromatic carbocycles. The van der Waals surface area contributed by atoms with Crippen molar-refractivity contribution in [2.75, 3.05) is 18.8 Å². The molecule has 42 nitrogen and oxygen atoms in total. The van der Waals surface area contributed by atoms with E-state index >= 15 is 0 Å². The molecule has 1 aliphatic rings. The molecule has 1 fully saturated rings. The smallest absolute Gasteiger partial charge is 0.326 e. The standard InChI is InChI=1S/C66H105N19O23S/c1-29(2)25-42(59(101)78-38(11-9-23-72-66(70)71)57(99)83-50(30(3)4)62(104)75-33(7)64(106)85-24-10-12-45(85)61(103)79-41(65(107)108)17-20-46(68)88)80-60(102)43(26-35-13-15-36(87)16-14-35)81-55(97)39(18-21-48(90)91)76-52(94)31(5)73-58(100)44(27-47(69)89)82-56(98)40(19-22-49(92)93)77-53(95)32(6)74-63(105)51(34(8)86)84-54(96)37(67)28-109/h13-16,29-34,37-45,50-51,86-87,109H,9-12,17-28,67H2,1-8H3,(H2,68,88)(H2,69,89)(H,73,100)(H,74,105)(H,75,104)(H,76,94)(H,77,95)(H,78,101)(H,79,103)(H,80,102)(H,81,97)(H,82,98)(H,83,99)(H,84,96)(H,90,91)(H,92,93)(H,107,108)(H4,70,71,72)/t31-,32-,33-,34+,37-,38-,39-,40-,41-,42-,43-,44-,45-,50-,51-/m0/s1. The number of rotatable bonds is 48. The van der Waals surface area contributed by atoms with Gasteiger partial charge in [0.25, 0.3) is 0 Å². The van der Waals surface area contributed by atoms with Gasteiger partial charge in [-0.2, -0.15) is 12.6 Å². The van der Waals surface area contributed by atoms with Crippen LogP contribution in [0.25, 0.3) is 0 Å². The number of carbonyl (C=O) groups excluding carboxylic acids is 15. The summed E-state index contributed by atoms with van der Waals surface area (Å²) in [5.41, 5.74) is 27.6. The van der Waals surface area contributed by atoms with Gasteiger partial charge in [-0.3, -0.25) is 86.5 Å². The number of nitrogens with two attached hydrogens (primary N) is 5. The fourth-order valence-corrected chi connectivity index (χ4v) is 10.9. The molecule has 0 aromatic heterocycles. The van der Waals surface area contributed by atoms with Crippen LogP contribution in [0.4, 0.5) is 0 Å². The molecule has 0 bridgehead atoms. The minimum atomic E-state index is -1.98. The lowest BCUT2D eigenvalue weighted by molar-refractivity contribution is -0.145. The van der Waals surface area contributed by atoms with Crippen molar-refractivity contribution in [1.29, 1.82) is 0 Å². The molecule has 27 N–H and O–H groups in total. The molecule has 0 radical (unpaired) electrons. The van der Waals surface area contributed by atoms with Gasteiger partial charge in [-0.15, -0.1) is 0 Å². The summed E-state index contributed by atoms with van der Waals surface area (Å²) in [5, 5.41) is 77.7. The van der Waals surface area contributed by atoms with Gasteiger partial charge in [0, 0.05) is 44.5 Å². The number of aliphatic carboxylic acids is 3. The molecule has 1 aliphatic heterocycles. The zero-order chi connectivity index (χ0) is 82.9. The molecule has 43 heteroatoms. The van der Waals surface area contributed by atoms with E-state index in [1.165, 1.54) is 31.2 Å². The van der Waals surface area contributed by atoms with Crippen molar-refractivity contribution in [1.82, 2.24) is 68.7 Å². The van der Waals surface area contributed by atoms with Gasteiger partial charge in [0.2, 0.25) is 88.6 Å². The number of amides is 15. The van der Waals surface area contributed by atoms with Gasteiger partial charge in [-0.1, -0.05) is 39.8 Å². The Kier molecular flexibility index (Phi) is 40.0. The summed E-state index contributed by atoms with van der Waals surface area (Å²) >= 11 is 3.92. The SMILES string of the molecule is CC(C)C[C@H](NC(=O)[C@H](Cc1ccc(O)cc1)NC(=O)[C@H](CCC(=O)O)NC(=O)[C@H](C)NC(=O)[C@H](CC(N)=O)NC(=O)[C@H](CCC(=O)O)NC(=O)[C@H](C)NC(=O)[C@@H](NC(=O)[C@@H](N)CS)[C@@H](C)O)C(=O)N[C@@H](CCCN=C(N)N)C(=O)N[C@H](C(=O)N[C@@H](C)C(=O)N1CCC[C@H]1C(=O)N[C@@H](CCC(N)=O)C(=O)O)C(C)C. The van der Waals surface area contributed by atoms with Gasteiger partial charge in [-0.25, -0.2) is 4.79 Å². The molecular formula is C66H105N19O23S. The van der Waals surface area contributed by atoms with Crippen LogP contribution in [0.15, 0.2) is 29.3 Å². The number of hydrogen-bond donors (Lipinski definition) is 23. The molecular weight excluding hydrogens is 1460 g/mol. The zero-order valence-electron chi connectivity index (χ0n) is 61.8. The first kappa shape index (κ1) is 94.1. The highest BCUT2D eigenvalue weighted by atomic mass is 32.1. The number of carbonyl (C=O) groups is 18. The lowest BCUT2D eigenvalue weighted by Gasteiger charge is -2.30. The number of thiol groups is 1. The maximum absolute atomic E-state index is 14.7. The van der Waals surface area contributed by atoms with Crippen LogP contribution in [0.5, 0.6) is 5.75 Å². The summed E-state index contributed by atoms with van der Waals surface area (Å²) in [4.78, 5) is 244. The number of carboxylic acids is 3. The summed E-state index contributed by atoms with van der Waals surface area (Å²) in [6.07, 6.45) is -6.40. The molecule has 608 valence electrons. The number of aromatic hydroxyl groups is 1. The highest BCUT2D eigenvalue weighted by Crippen LogP contribution is 2.21. The van der Waals surface area contributed by atoms with Gasteiger partial charge in [0.05, 0.1) is 18.6 Å². The number of carboxylic acid groups (broad SMARTS) is 3. The predicted octanol–water partition coefficient (Wildman–Crippen LogP) is -7.85. The molecule has 1 heterocycles. The largest absolute Gasteiger partial charge is 0.508 e. The first-order valence-corrected chi connectivity index (χ1v) is 35.6. The van der Waals surface area contributed by atoms with Crippen LogP contribution in [0, 0.1) is 11.8 Å². The van der Waals surface area contributed by atoms with Gasteiger partial charge >= 0.3 is 17.9 Å². The highest BCUT2D eigenvalue weighted by Gasteiger charge is 2.41. The number of hydrogen-bond acceptors (Lipinski definition) is 23. The number of aliphatic hydroxyl groups is 1. The number of benzene rings is 1. The normalized spacial score (nSPS) is 16.3. The third kappa shape index (κ3) is 33.8. The summed E-state index contributed by atoms with van der Waals surface area (Å²) in [6, 6.07) is -16.7.